The SMILES string of the molecule is CN1C(=S)N[C@H]2c3ccccc3O[C@@]1(C)[C@H]2C(=O)Nc1ccccc1. The lowest BCUT2D eigenvalue weighted by molar-refractivity contribution is -0.146. The number of thiocarbonyl (C=S) groups is 1. The van der Waals surface area contributed by atoms with Gasteiger partial charge in [0.15, 0.2) is 10.8 Å². The van der Waals surface area contributed by atoms with E-state index in [1.54, 1.807) is 0 Å². The van der Waals surface area contributed by atoms with Crippen LogP contribution in [0.5, 0.6) is 5.75 Å². The van der Waals surface area contributed by atoms with Crippen molar-refractivity contribution in [3.8, 4) is 5.75 Å². The molecule has 0 saturated carbocycles. The molecule has 25 heavy (non-hydrogen) atoms. The molecule has 5 nitrogen and oxygen atoms in total. The van der Waals surface area contributed by atoms with Crippen LogP contribution < -0.4 is 15.4 Å². The molecule has 0 spiro atoms. The number of amides is 1. The van der Waals surface area contributed by atoms with Gasteiger partial charge in [0.1, 0.15) is 11.7 Å². The van der Waals surface area contributed by atoms with Crippen LogP contribution in [0, 0.1) is 5.92 Å². The first kappa shape index (κ1) is 15.9. The lowest BCUT2D eigenvalue weighted by Gasteiger charge is -2.54. The zero-order chi connectivity index (χ0) is 17.6. The van der Waals surface area contributed by atoms with Crippen molar-refractivity contribution in [3.05, 3.63) is 60.2 Å². The number of hydrogen-bond acceptors (Lipinski definition) is 3. The van der Waals surface area contributed by atoms with Crippen LogP contribution in [-0.2, 0) is 4.79 Å². The quantitative estimate of drug-likeness (QED) is 0.813. The van der Waals surface area contributed by atoms with Crippen LogP contribution >= 0.6 is 12.2 Å². The van der Waals surface area contributed by atoms with E-state index in [0.717, 1.165) is 17.0 Å². The second-order valence-corrected chi connectivity index (χ2v) is 6.90. The van der Waals surface area contributed by atoms with Crippen molar-refractivity contribution in [2.24, 2.45) is 5.92 Å². The van der Waals surface area contributed by atoms with Gasteiger partial charge in [-0.3, -0.25) is 4.79 Å². The predicted octanol–water partition coefficient (Wildman–Crippen LogP) is 2.91. The summed E-state index contributed by atoms with van der Waals surface area (Å²) in [5, 5.41) is 6.89. The van der Waals surface area contributed by atoms with E-state index < -0.39 is 11.6 Å². The number of carbonyl (C=O) groups is 1. The topological polar surface area (TPSA) is 53.6 Å². The van der Waals surface area contributed by atoms with Gasteiger partial charge in [0.25, 0.3) is 0 Å². The number of hydrogen-bond donors (Lipinski definition) is 2. The van der Waals surface area contributed by atoms with E-state index in [1.165, 1.54) is 0 Å². The van der Waals surface area contributed by atoms with E-state index >= 15 is 0 Å². The average molecular weight is 353 g/mol. The number of nitrogens with zero attached hydrogens (tertiary/aromatic N) is 1. The molecule has 0 aliphatic carbocycles. The third-order valence-electron chi connectivity index (χ3n) is 5.05. The molecule has 0 radical (unpaired) electrons. The van der Waals surface area contributed by atoms with Gasteiger partial charge in [-0.25, -0.2) is 0 Å². The molecule has 2 aromatic rings. The molecular weight excluding hydrogens is 334 g/mol. The molecule has 2 heterocycles. The molecule has 1 saturated heterocycles. The Hall–Kier alpha value is -2.60. The first-order valence-electron chi connectivity index (χ1n) is 8.19. The average Bonchev–Trinajstić information content (AvgIpc) is 2.60. The molecule has 1 fully saturated rings. The first-order valence-corrected chi connectivity index (χ1v) is 8.60. The van der Waals surface area contributed by atoms with Crippen molar-refractivity contribution in [2.75, 3.05) is 12.4 Å². The highest BCUT2D eigenvalue weighted by atomic mass is 32.1. The molecule has 128 valence electrons. The largest absolute Gasteiger partial charge is 0.467 e. The van der Waals surface area contributed by atoms with Gasteiger partial charge in [0.05, 0.1) is 6.04 Å². The number of benzene rings is 2. The Morgan fingerprint density at radius 3 is 2.64 bits per heavy atom. The molecule has 2 aliphatic heterocycles. The standard InChI is InChI=1S/C19H19N3O2S/c1-19-15(17(23)20-12-8-4-3-5-9-12)16(21-18(25)22(19)2)13-10-6-7-11-14(13)24-19/h3-11,15-16H,1-2H3,(H,20,23)(H,21,25)/t15-,16+,19+/m1/s1. The Morgan fingerprint density at radius 2 is 1.88 bits per heavy atom. The molecule has 6 heteroatoms. The Bertz CT molecular complexity index is 842. The fourth-order valence-corrected chi connectivity index (χ4v) is 3.92. The lowest BCUT2D eigenvalue weighted by Crippen LogP contribution is -2.70. The van der Waals surface area contributed by atoms with E-state index in [4.69, 9.17) is 17.0 Å². The van der Waals surface area contributed by atoms with Crippen molar-refractivity contribution >= 4 is 28.9 Å². The highest BCUT2D eigenvalue weighted by Crippen LogP contribution is 2.47. The molecule has 2 bridgehead atoms. The molecule has 0 unspecified atom stereocenters. The van der Waals surface area contributed by atoms with Crippen molar-refractivity contribution in [1.82, 2.24) is 10.2 Å². The third kappa shape index (κ3) is 2.44. The zero-order valence-corrected chi connectivity index (χ0v) is 14.8. The fraction of sp³-hybridized carbons (Fsp3) is 0.263. The van der Waals surface area contributed by atoms with E-state index in [9.17, 15) is 4.79 Å². The van der Waals surface area contributed by atoms with Crippen molar-refractivity contribution in [2.45, 2.75) is 18.7 Å². The summed E-state index contributed by atoms with van der Waals surface area (Å²) in [7, 11) is 1.85. The summed E-state index contributed by atoms with van der Waals surface area (Å²) < 4.78 is 6.28. The van der Waals surface area contributed by atoms with E-state index in [-0.39, 0.29) is 11.9 Å². The summed E-state index contributed by atoms with van der Waals surface area (Å²) in [5.74, 6) is 0.218. The molecule has 2 aliphatic rings. The normalized spacial score (nSPS) is 27.0. The number of ether oxygens (including phenoxy) is 1. The zero-order valence-electron chi connectivity index (χ0n) is 14.0. The number of anilines is 1. The maximum Gasteiger partial charge on any atom is 0.236 e. The van der Waals surface area contributed by atoms with Crippen molar-refractivity contribution in [1.29, 1.82) is 0 Å². The van der Waals surface area contributed by atoms with E-state index in [2.05, 4.69) is 10.6 Å². The first-order chi connectivity index (χ1) is 12.0. The van der Waals surface area contributed by atoms with Crippen LogP contribution in [0.25, 0.3) is 0 Å². The van der Waals surface area contributed by atoms with Gasteiger partial charge in [0.2, 0.25) is 5.91 Å². The fourth-order valence-electron chi connectivity index (χ4n) is 3.61. The van der Waals surface area contributed by atoms with Gasteiger partial charge in [-0.05, 0) is 37.3 Å². The van der Waals surface area contributed by atoms with Crippen LogP contribution in [0.4, 0.5) is 5.69 Å². The number of fused-ring (bicyclic) bond motifs is 4. The molecule has 1 amide bonds. The molecular formula is C19H19N3O2S. The maximum atomic E-state index is 13.1. The molecule has 4 rings (SSSR count). The highest BCUT2D eigenvalue weighted by Gasteiger charge is 2.57. The Kier molecular flexibility index (Phi) is 3.65. The summed E-state index contributed by atoms with van der Waals surface area (Å²) in [6, 6.07) is 17.0. The van der Waals surface area contributed by atoms with Gasteiger partial charge in [-0.1, -0.05) is 36.4 Å². The van der Waals surface area contributed by atoms with Crippen molar-refractivity contribution in [3.63, 3.8) is 0 Å². The van der Waals surface area contributed by atoms with Gasteiger partial charge < -0.3 is 20.3 Å². The van der Waals surface area contributed by atoms with Gasteiger partial charge >= 0.3 is 0 Å². The number of nitrogens with one attached hydrogen (secondary N) is 2. The second kappa shape index (κ2) is 5.74. The van der Waals surface area contributed by atoms with Gasteiger partial charge in [0, 0.05) is 18.3 Å². The van der Waals surface area contributed by atoms with Crippen LogP contribution in [0.1, 0.15) is 18.5 Å². The molecule has 3 atom stereocenters. The minimum Gasteiger partial charge on any atom is -0.467 e. The molecule has 2 aromatic carbocycles. The van der Waals surface area contributed by atoms with Gasteiger partial charge in [-0.2, -0.15) is 0 Å². The van der Waals surface area contributed by atoms with Crippen LogP contribution in [0.15, 0.2) is 54.6 Å². The van der Waals surface area contributed by atoms with Gasteiger partial charge in [-0.15, -0.1) is 0 Å². The number of rotatable bonds is 2. The predicted molar refractivity (Wildman–Crippen MR) is 100 cm³/mol. The second-order valence-electron chi connectivity index (χ2n) is 6.51. The Labute approximate surface area is 152 Å². The highest BCUT2D eigenvalue weighted by molar-refractivity contribution is 7.80. The third-order valence-corrected chi connectivity index (χ3v) is 5.45. The smallest absolute Gasteiger partial charge is 0.236 e. The Morgan fingerprint density at radius 1 is 1.20 bits per heavy atom. The van der Waals surface area contributed by atoms with Crippen LogP contribution in [-0.4, -0.2) is 28.7 Å². The maximum absolute atomic E-state index is 13.1. The van der Waals surface area contributed by atoms with Crippen molar-refractivity contribution < 1.29 is 9.53 Å². The molecule has 0 aromatic heterocycles. The van der Waals surface area contributed by atoms with Crippen LogP contribution in [0.2, 0.25) is 0 Å². The summed E-state index contributed by atoms with van der Waals surface area (Å²) in [4.78, 5) is 15.0. The minimum atomic E-state index is -0.861. The lowest BCUT2D eigenvalue weighted by atomic mass is 9.79. The van der Waals surface area contributed by atoms with Crippen LogP contribution in [0.3, 0.4) is 0 Å². The Balaban J connectivity index is 1.76. The van der Waals surface area contributed by atoms with E-state index in [1.807, 2.05) is 73.5 Å². The number of para-hydroxylation sites is 2. The summed E-state index contributed by atoms with van der Waals surface area (Å²) >= 11 is 5.46. The summed E-state index contributed by atoms with van der Waals surface area (Å²) in [6.45, 7) is 1.92. The minimum absolute atomic E-state index is 0.102. The van der Waals surface area contributed by atoms with E-state index in [0.29, 0.717) is 5.11 Å². The number of carbonyl (C=O) groups excluding carboxylic acids is 1. The summed E-state index contributed by atoms with van der Waals surface area (Å²) in [5.41, 5.74) is 0.849. The monoisotopic (exact) mass is 353 g/mol. The summed E-state index contributed by atoms with van der Waals surface area (Å²) in [6.07, 6.45) is 0. The molecule has 2 N–H and O–H groups in total.